The van der Waals surface area contributed by atoms with E-state index in [1.54, 1.807) is 25.5 Å². The highest BCUT2D eigenvalue weighted by atomic mass is 16.3. The van der Waals surface area contributed by atoms with E-state index in [9.17, 15) is 14.7 Å². The maximum atomic E-state index is 12.2. The lowest BCUT2D eigenvalue weighted by molar-refractivity contribution is 0.0923. The molecule has 0 radical (unpaired) electrons. The molecule has 8 nitrogen and oxygen atoms in total. The molecule has 0 unspecified atom stereocenters. The van der Waals surface area contributed by atoms with Crippen LogP contribution in [0.5, 0.6) is 5.75 Å². The van der Waals surface area contributed by atoms with Gasteiger partial charge in [0.05, 0.1) is 0 Å². The zero-order valence-electron chi connectivity index (χ0n) is 13.3. The van der Waals surface area contributed by atoms with Gasteiger partial charge < -0.3 is 19.9 Å². The van der Waals surface area contributed by atoms with Crippen LogP contribution in [-0.2, 0) is 7.05 Å². The van der Waals surface area contributed by atoms with Gasteiger partial charge in [0.2, 0.25) is 0 Å². The quantitative estimate of drug-likeness (QED) is 0.839. The highest BCUT2D eigenvalue weighted by molar-refractivity contribution is 5.94. The van der Waals surface area contributed by atoms with Crippen LogP contribution in [0.3, 0.4) is 0 Å². The number of piperidine rings is 1. The number of hydrogen-bond donors (Lipinski definition) is 2. The summed E-state index contributed by atoms with van der Waals surface area (Å²) in [6, 6.07) is 2.97. The number of nitrogens with one attached hydrogen (secondary N) is 1. The summed E-state index contributed by atoms with van der Waals surface area (Å²) in [7, 11) is 1.69. The molecule has 2 aromatic rings. The molecule has 0 atom stereocenters. The number of pyridine rings is 1. The Morgan fingerprint density at radius 3 is 2.75 bits per heavy atom. The predicted octanol–water partition coefficient (Wildman–Crippen LogP) is 0.280. The average molecular weight is 329 g/mol. The second kappa shape index (κ2) is 6.69. The molecule has 8 heteroatoms. The maximum absolute atomic E-state index is 12.2. The highest BCUT2D eigenvalue weighted by Crippen LogP contribution is 2.17. The topological polar surface area (TPSA) is 100 Å². The van der Waals surface area contributed by atoms with E-state index in [1.807, 2.05) is 4.90 Å². The number of amides is 1. The number of aromatic nitrogens is 3. The first-order valence-corrected chi connectivity index (χ1v) is 7.77. The zero-order valence-corrected chi connectivity index (χ0v) is 13.3. The van der Waals surface area contributed by atoms with Crippen LogP contribution in [0.15, 0.2) is 35.5 Å². The molecule has 0 saturated carbocycles. The van der Waals surface area contributed by atoms with Crippen molar-refractivity contribution in [3.8, 4) is 5.75 Å². The number of carbonyl (C=O) groups excluding carboxylic acids is 1. The lowest BCUT2D eigenvalue weighted by Crippen LogP contribution is -2.46. The number of rotatable bonds is 3. The Morgan fingerprint density at radius 2 is 2.04 bits per heavy atom. The van der Waals surface area contributed by atoms with Gasteiger partial charge in [-0.2, -0.15) is 0 Å². The Balaban J connectivity index is 1.61. The lowest BCUT2D eigenvalue weighted by Gasteiger charge is -2.32. The fourth-order valence-electron chi connectivity index (χ4n) is 2.76. The van der Waals surface area contributed by atoms with E-state index in [-0.39, 0.29) is 29.0 Å². The summed E-state index contributed by atoms with van der Waals surface area (Å²) < 4.78 is 1.50. The first kappa shape index (κ1) is 16.0. The molecular weight excluding hydrogens is 310 g/mol. The fraction of sp³-hybridized carbons (Fsp3) is 0.375. The molecule has 1 fully saturated rings. The summed E-state index contributed by atoms with van der Waals surface area (Å²) in [5, 5.41) is 12.6. The monoisotopic (exact) mass is 329 g/mol. The van der Waals surface area contributed by atoms with Crippen LogP contribution >= 0.6 is 0 Å². The van der Waals surface area contributed by atoms with Crippen LogP contribution < -0.4 is 15.8 Å². The maximum Gasteiger partial charge on any atom is 0.293 e. The van der Waals surface area contributed by atoms with Crippen molar-refractivity contribution in [1.29, 1.82) is 0 Å². The van der Waals surface area contributed by atoms with Crippen LogP contribution in [0.1, 0.15) is 23.3 Å². The highest BCUT2D eigenvalue weighted by Gasteiger charge is 2.24. The number of anilines is 1. The number of carbonyl (C=O) groups is 1. The number of hydrogen-bond acceptors (Lipinski definition) is 6. The molecule has 1 saturated heterocycles. The second-order valence-electron chi connectivity index (χ2n) is 5.77. The van der Waals surface area contributed by atoms with E-state index >= 15 is 0 Å². The van der Waals surface area contributed by atoms with Gasteiger partial charge in [-0.3, -0.25) is 9.59 Å². The van der Waals surface area contributed by atoms with E-state index < -0.39 is 0 Å². The molecule has 0 spiro atoms. The number of nitrogens with zero attached hydrogens (tertiary/aromatic N) is 4. The molecule has 2 N–H and O–H groups in total. The number of aromatic hydroxyl groups is 1. The third kappa shape index (κ3) is 3.22. The Bertz CT molecular complexity index is 796. The summed E-state index contributed by atoms with van der Waals surface area (Å²) in [6.07, 6.45) is 6.08. The molecule has 24 heavy (non-hydrogen) atoms. The summed E-state index contributed by atoms with van der Waals surface area (Å²) in [4.78, 5) is 34.3. The van der Waals surface area contributed by atoms with Crippen molar-refractivity contribution in [1.82, 2.24) is 19.9 Å². The van der Waals surface area contributed by atoms with Crippen molar-refractivity contribution in [3.63, 3.8) is 0 Å². The zero-order chi connectivity index (χ0) is 17.1. The fourth-order valence-corrected chi connectivity index (χ4v) is 2.76. The van der Waals surface area contributed by atoms with Gasteiger partial charge >= 0.3 is 0 Å². The van der Waals surface area contributed by atoms with Crippen molar-refractivity contribution in [2.75, 3.05) is 18.0 Å². The van der Waals surface area contributed by atoms with Gasteiger partial charge in [-0.25, -0.2) is 9.97 Å². The Hall–Kier alpha value is -2.90. The van der Waals surface area contributed by atoms with Crippen LogP contribution in [0.4, 0.5) is 5.82 Å². The predicted molar refractivity (Wildman–Crippen MR) is 88.1 cm³/mol. The van der Waals surface area contributed by atoms with Gasteiger partial charge in [0.15, 0.2) is 11.5 Å². The molecule has 0 aromatic carbocycles. The SMILES string of the molecule is Cn1ccnc(N2CCC(NC(=O)c3ncccc3O)CC2)c1=O. The summed E-state index contributed by atoms with van der Waals surface area (Å²) >= 11 is 0. The van der Waals surface area contributed by atoms with E-state index in [0.29, 0.717) is 31.7 Å². The molecular formula is C16H19N5O3. The molecule has 3 rings (SSSR count). The van der Waals surface area contributed by atoms with Crippen LogP contribution in [0.2, 0.25) is 0 Å². The van der Waals surface area contributed by atoms with E-state index in [2.05, 4.69) is 15.3 Å². The lowest BCUT2D eigenvalue weighted by atomic mass is 10.0. The van der Waals surface area contributed by atoms with Gasteiger partial charge in [-0.15, -0.1) is 0 Å². The third-order valence-electron chi connectivity index (χ3n) is 4.13. The van der Waals surface area contributed by atoms with Crippen LogP contribution in [-0.4, -0.2) is 44.7 Å². The van der Waals surface area contributed by atoms with Crippen LogP contribution in [0, 0.1) is 0 Å². The minimum absolute atomic E-state index is 0.0253. The van der Waals surface area contributed by atoms with Crippen molar-refractivity contribution >= 4 is 11.7 Å². The summed E-state index contributed by atoms with van der Waals surface area (Å²) in [6.45, 7) is 1.26. The van der Waals surface area contributed by atoms with Gasteiger partial charge in [0, 0.05) is 44.8 Å². The summed E-state index contributed by atoms with van der Waals surface area (Å²) in [5.41, 5.74) is -0.100. The summed E-state index contributed by atoms with van der Waals surface area (Å²) in [5.74, 6) is -0.0862. The Kier molecular flexibility index (Phi) is 4.45. The van der Waals surface area contributed by atoms with Gasteiger partial charge in [0.25, 0.3) is 11.5 Å². The van der Waals surface area contributed by atoms with Gasteiger partial charge in [-0.1, -0.05) is 0 Å². The van der Waals surface area contributed by atoms with E-state index in [1.165, 1.54) is 16.8 Å². The molecule has 0 aliphatic carbocycles. The van der Waals surface area contributed by atoms with Crippen molar-refractivity contribution in [3.05, 3.63) is 46.8 Å². The molecule has 1 aliphatic rings. The van der Waals surface area contributed by atoms with Crippen molar-refractivity contribution < 1.29 is 9.90 Å². The standard InChI is InChI=1S/C16H19N5O3/c1-20-10-7-18-14(16(20)24)21-8-4-11(5-9-21)19-15(23)13-12(22)3-2-6-17-13/h2-3,6-7,10-11,22H,4-5,8-9H2,1H3,(H,19,23). The minimum Gasteiger partial charge on any atom is -0.505 e. The molecule has 1 amide bonds. The molecule has 1 aliphatic heterocycles. The molecule has 3 heterocycles. The largest absolute Gasteiger partial charge is 0.505 e. The molecule has 0 bridgehead atoms. The molecule has 2 aromatic heterocycles. The molecule has 126 valence electrons. The third-order valence-corrected chi connectivity index (χ3v) is 4.13. The Labute approximate surface area is 138 Å². The first-order valence-electron chi connectivity index (χ1n) is 7.77. The Morgan fingerprint density at radius 1 is 1.29 bits per heavy atom. The van der Waals surface area contributed by atoms with Gasteiger partial charge in [-0.05, 0) is 25.0 Å². The van der Waals surface area contributed by atoms with Crippen molar-refractivity contribution in [2.24, 2.45) is 7.05 Å². The van der Waals surface area contributed by atoms with E-state index in [4.69, 9.17) is 0 Å². The first-order chi connectivity index (χ1) is 11.6. The normalized spacial score (nSPS) is 15.3. The van der Waals surface area contributed by atoms with Gasteiger partial charge in [0.1, 0.15) is 5.75 Å². The van der Waals surface area contributed by atoms with Crippen molar-refractivity contribution in [2.45, 2.75) is 18.9 Å². The minimum atomic E-state index is -0.389. The smallest absolute Gasteiger partial charge is 0.293 e. The van der Waals surface area contributed by atoms with Crippen LogP contribution in [0.25, 0.3) is 0 Å². The average Bonchev–Trinajstić information content (AvgIpc) is 2.58. The second-order valence-corrected chi connectivity index (χ2v) is 5.77. The van der Waals surface area contributed by atoms with E-state index in [0.717, 1.165) is 0 Å². The number of aryl methyl sites for hydroxylation is 1.